The van der Waals surface area contributed by atoms with Gasteiger partial charge in [0.15, 0.2) is 0 Å². The molecule has 1 N–H and O–H groups in total. The highest BCUT2D eigenvalue weighted by atomic mass is 19.1. The summed E-state index contributed by atoms with van der Waals surface area (Å²) in [4.78, 5) is 11.9. The molecule has 5 nitrogen and oxygen atoms in total. The van der Waals surface area contributed by atoms with E-state index >= 15 is 0 Å². The van der Waals surface area contributed by atoms with E-state index in [4.69, 9.17) is 14.0 Å². The second kappa shape index (κ2) is 6.29. The average molecular weight is 351 g/mol. The van der Waals surface area contributed by atoms with E-state index in [2.05, 4.69) is 5.32 Å². The summed E-state index contributed by atoms with van der Waals surface area (Å²) in [6.07, 6.45) is -0.696. The summed E-state index contributed by atoms with van der Waals surface area (Å²) in [5.74, 6) is -0.560. The van der Waals surface area contributed by atoms with E-state index in [0.717, 1.165) is 0 Å². The van der Waals surface area contributed by atoms with E-state index in [1.165, 1.54) is 6.07 Å². The second-order valence-corrected chi connectivity index (χ2v) is 8.41. The largest absolute Gasteiger partial charge is 0.494 e. The van der Waals surface area contributed by atoms with Crippen molar-refractivity contribution in [2.45, 2.75) is 72.2 Å². The van der Waals surface area contributed by atoms with Crippen LogP contribution in [0.2, 0.25) is 0 Å². The van der Waals surface area contributed by atoms with Crippen LogP contribution in [0.1, 0.15) is 54.0 Å². The Balaban J connectivity index is 2.22. The molecule has 0 aromatic heterocycles. The lowest BCUT2D eigenvalue weighted by atomic mass is 9.78. The van der Waals surface area contributed by atoms with Crippen LogP contribution >= 0.6 is 0 Å². The first-order valence-corrected chi connectivity index (χ1v) is 8.37. The summed E-state index contributed by atoms with van der Waals surface area (Å²) in [5.41, 5.74) is -0.435. The third kappa shape index (κ3) is 4.33. The maximum absolute atomic E-state index is 14.6. The van der Waals surface area contributed by atoms with Crippen molar-refractivity contribution in [3.63, 3.8) is 0 Å². The zero-order valence-electron chi connectivity index (χ0n) is 16.2. The smallest absolute Gasteiger partial charge is 0.444 e. The molecule has 1 aromatic carbocycles. The maximum atomic E-state index is 14.6. The van der Waals surface area contributed by atoms with Gasteiger partial charge in [0.25, 0.3) is 0 Å². The summed E-state index contributed by atoms with van der Waals surface area (Å²) in [6, 6.07) is 3.07. The number of anilines is 1. The zero-order chi connectivity index (χ0) is 19.2. The van der Waals surface area contributed by atoms with Gasteiger partial charge in [-0.1, -0.05) is 6.07 Å². The number of hydrogen-bond donors (Lipinski definition) is 1. The molecule has 0 radical (unpaired) electrons. The average Bonchev–Trinajstić information content (AvgIpc) is 2.60. The van der Waals surface area contributed by atoms with Crippen LogP contribution in [0.15, 0.2) is 12.1 Å². The molecule has 25 heavy (non-hydrogen) atoms. The van der Waals surface area contributed by atoms with Gasteiger partial charge < -0.3 is 14.0 Å². The fraction of sp³-hybridized carbons (Fsp3) is 0.611. The summed E-state index contributed by atoms with van der Waals surface area (Å²) >= 11 is 0. The Hall–Kier alpha value is -1.60. The van der Waals surface area contributed by atoms with Gasteiger partial charge in [-0.25, -0.2) is 9.18 Å². The normalized spacial score (nSPS) is 19.0. The van der Waals surface area contributed by atoms with Crippen molar-refractivity contribution in [1.82, 2.24) is 0 Å². The first kappa shape index (κ1) is 19.7. The van der Waals surface area contributed by atoms with Crippen molar-refractivity contribution in [1.29, 1.82) is 0 Å². The Kier molecular flexibility index (Phi) is 4.96. The molecule has 0 aliphatic carbocycles. The number of nitrogens with one attached hydrogen (secondary N) is 1. The van der Waals surface area contributed by atoms with Crippen molar-refractivity contribution in [3.05, 3.63) is 23.5 Å². The van der Waals surface area contributed by atoms with Crippen LogP contribution in [0.4, 0.5) is 14.9 Å². The predicted octanol–water partition coefficient (Wildman–Crippen LogP) is 3.78. The van der Waals surface area contributed by atoms with E-state index in [1.807, 2.05) is 27.7 Å². The molecule has 1 aromatic rings. The number of ether oxygens (including phenoxy) is 1. The molecule has 0 saturated carbocycles. The number of carbonyl (C=O) groups excluding carboxylic acids is 1. The molecular formula is C18H27BFNO4. The Morgan fingerprint density at radius 2 is 1.68 bits per heavy atom. The second-order valence-electron chi connectivity index (χ2n) is 8.41. The standard InChI is InChI=1S/C18H27BFNO4/c1-11-9-12(19-24-17(5,6)18(7,8)25-19)10-13(20)14(11)21-15(22)23-16(2,3)4/h9-10H,1-8H3,(H,21,22). The van der Waals surface area contributed by atoms with Crippen LogP contribution in [-0.4, -0.2) is 30.0 Å². The number of benzene rings is 1. The van der Waals surface area contributed by atoms with Crippen molar-refractivity contribution in [2.75, 3.05) is 5.32 Å². The molecule has 0 unspecified atom stereocenters. The summed E-state index contributed by atoms with van der Waals surface area (Å²) < 4.78 is 31.6. The monoisotopic (exact) mass is 351 g/mol. The quantitative estimate of drug-likeness (QED) is 0.824. The first-order valence-electron chi connectivity index (χ1n) is 8.37. The van der Waals surface area contributed by atoms with E-state index < -0.39 is 35.8 Å². The van der Waals surface area contributed by atoms with E-state index in [9.17, 15) is 9.18 Å². The minimum Gasteiger partial charge on any atom is -0.444 e. The first-order chi connectivity index (χ1) is 11.2. The summed E-state index contributed by atoms with van der Waals surface area (Å²) in [7, 11) is -0.659. The fourth-order valence-corrected chi connectivity index (χ4v) is 2.45. The van der Waals surface area contributed by atoms with E-state index in [0.29, 0.717) is 11.0 Å². The van der Waals surface area contributed by atoms with Crippen LogP contribution in [0.5, 0.6) is 0 Å². The highest BCUT2D eigenvalue weighted by Crippen LogP contribution is 2.36. The lowest BCUT2D eigenvalue weighted by Crippen LogP contribution is -2.41. The number of amides is 1. The SMILES string of the molecule is Cc1cc(B2OC(C)(C)C(C)(C)O2)cc(F)c1NC(=O)OC(C)(C)C. The number of hydrogen-bond acceptors (Lipinski definition) is 4. The highest BCUT2D eigenvalue weighted by molar-refractivity contribution is 6.62. The molecule has 2 rings (SSSR count). The van der Waals surface area contributed by atoms with Gasteiger partial charge in [-0.15, -0.1) is 0 Å². The predicted molar refractivity (Wildman–Crippen MR) is 96.7 cm³/mol. The molecule has 0 atom stereocenters. The van der Waals surface area contributed by atoms with Crippen molar-refractivity contribution >= 4 is 24.4 Å². The minimum atomic E-state index is -0.696. The van der Waals surface area contributed by atoms with Gasteiger partial charge in [0, 0.05) is 0 Å². The van der Waals surface area contributed by atoms with E-state index in [-0.39, 0.29) is 5.69 Å². The van der Waals surface area contributed by atoms with E-state index in [1.54, 1.807) is 33.8 Å². The van der Waals surface area contributed by atoms with Gasteiger partial charge in [0.2, 0.25) is 0 Å². The number of aryl methyl sites for hydroxylation is 1. The summed E-state index contributed by atoms with van der Waals surface area (Å²) in [5, 5.41) is 2.47. The minimum absolute atomic E-state index is 0.0921. The van der Waals surface area contributed by atoms with Crippen LogP contribution in [0, 0.1) is 12.7 Å². The van der Waals surface area contributed by atoms with Crippen molar-refractivity contribution < 1.29 is 23.2 Å². The number of carbonyl (C=O) groups is 1. The highest BCUT2D eigenvalue weighted by Gasteiger charge is 2.51. The molecular weight excluding hydrogens is 324 g/mol. The molecule has 1 saturated heterocycles. The van der Waals surface area contributed by atoms with Crippen LogP contribution in [-0.2, 0) is 14.0 Å². The Morgan fingerprint density at radius 1 is 1.16 bits per heavy atom. The molecule has 7 heteroatoms. The molecule has 1 amide bonds. The molecule has 0 spiro atoms. The van der Waals surface area contributed by atoms with Gasteiger partial charge in [0.05, 0.1) is 16.9 Å². The summed E-state index contributed by atoms with van der Waals surface area (Å²) in [6.45, 7) is 14.7. The van der Waals surface area contributed by atoms with Crippen molar-refractivity contribution in [2.24, 2.45) is 0 Å². The van der Waals surface area contributed by atoms with Crippen LogP contribution < -0.4 is 10.8 Å². The molecule has 1 heterocycles. The molecule has 138 valence electrons. The Morgan fingerprint density at radius 3 is 2.12 bits per heavy atom. The number of rotatable bonds is 2. The molecule has 1 fully saturated rings. The van der Waals surface area contributed by atoms with Crippen LogP contribution in [0.25, 0.3) is 0 Å². The van der Waals surface area contributed by atoms with Gasteiger partial charge in [-0.05, 0) is 72.5 Å². The zero-order valence-corrected chi connectivity index (χ0v) is 16.2. The number of halogens is 1. The van der Waals surface area contributed by atoms with Gasteiger partial charge in [-0.3, -0.25) is 5.32 Å². The fourth-order valence-electron chi connectivity index (χ4n) is 2.45. The lowest BCUT2D eigenvalue weighted by Gasteiger charge is -2.32. The molecule has 1 aliphatic rings. The Labute approximate surface area is 149 Å². The Bertz CT molecular complexity index is 643. The molecule has 0 bridgehead atoms. The van der Waals surface area contributed by atoms with Crippen LogP contribution in [0.3, 0.4) is 0 Å². The van der Waals surface area contributed by atoms with Gasteiger partial charge in [0.1, 0.15) is 11.4 Å². The van der Waals surface area contributed by atoms with Gasteiger partial charge >= 0.3 is 13.2 Å². The third-order valence-corrected chi connectivity index (χ3v) is 4.46. The van der Waals surface area contributed by atoms with Gasteiger partial charge in [-0.2, -0.15) is 0 Å². The maximum Gasteiger partial charge on any atom is 0.494 e. The topological polar surface area (TPSA) is 56.8 Å². The van der Waals surface area contributed by atoms with Crippen molar-refractivity contribution in [3.8, 4) is 0 Å². The lowest BCUT2D eigenvalue weighted by molar-refractivity contribution is 0.00578. The molecule has 1 aliphatic heterocycles. The third-order valence-electron chi connectivity index (χ3n) is 4.46.